The lowest BCUT2D eigenvalue weighted by Crippen LogP contribution is -1.88. The monoisotopic (exact) mass is 108 g/mol. The number of rotatable bonds is 2. The van der Waals surface area contributed by atoms with Gasteiger partial charge in [-0.3, -0.25) is 0 Å². The van der Waals surface area contributed by atoms with Gasteiger partial charge >= 0.3 is 0 Å². The van der Waals surface area contributed by atoms with Crippen LogP contribution in [0.2, 0.25) is 0 Å². The van der Waals surface area contributed by atoms with E-state index in [1.54, 1.807) is 0 Å². The summed E-state index contributed by atoms with van der Waals surface area (Å²) in [6.45, 7) is 9.77. The molecule has 1 aliphatic rings. The summed E-state index contributed by atoms with van der Waals surface area (Å²) in [7, 11) is 0. The van der Waals surface area contributed by atoms with Crippen LogP contribution in [0.4, 0.5) is 0 Å². The van der Waals surface area contributed by atoms with Crippen molar-refractivity contribution >= 4 is 0 Å². The Hall–Kier alpha value is -0.520. The van der Waals surface area contributed by atoms with Gasteiger partial charge in [0.05, 0.1) is 0 Å². The van der Waals surface area contributed by atoms with Crippen molar-refractivity contribution < 1.29 is 0 Å². The zero-order chi connectivity index (χ0) is 6.15. The molecule has 1 saturated carbocycles. The predicted octanol–water partition coefficient (Wildman–Crippen LogP) is 2.38. The Morgan fingerprint density at radius 1 is 1.88 bits per heavy atom. The molecule has 0 aromatic rings. The SMILES string of the molecule is C=CC(C)C1CC1=C. The van der Waals surface area contributed by atoms with Crippen molar-refractivity contribution in [3.8, 4) is 0 Å². The number of hydrogen-bond acceptors (Lipinski definition) is 0. The van der Waals surface area contributed by atoms with Crippen molar-refractivity contribution in [2.45, 2.75) is 13.3 Å². The molecule has 2 unspecified atom stereocenters. The minimum Gasteiger partial charge on any atom is -0.103 e. The average molecular weight is 108 g/mol. The molecule has 0 amide bonds. The maximum atomic E-state index is 3.87. The molecule has 0 aromatic carbocycles. The average Bonchev–Trinajstić information content (AvgIpc) is 2.45. The summed E-state index contributed by atoms with van der Waals surface area (Å²) in [6.07, 6.45) is 3.23. The Labute approximate surface area is 50.9 Å². The first kappa shape index (κ1) is 5.61. The van der Waals surface area contributed by atoms with E-state index in [9.17, 15) is 0 Å². The van der Waals surface area contributed by atoms with E-state index in [1.165, 1.54) is 12.0 Å². The minimum absolute atomic E-state index is 0.655. The van der Waals surface area contributed by atoms with Crippen LogP contribution in [0.3, 0.4) is 0 Å². The van der Waals surface area contributed by atoms with E-state index in [-0.39, 0.29) is 0 Å². The molecule has 0 bridgehead atoms. The quantitative estimate of drug-likeness (QED) is 0.476. The highest BCUT2D eigenvalue weighted by Crippen LogP contribution is 2.42. The fraction of sp³-hybridized carbons (Fsp3) is 0.500. The van der Waals surface area contributed by atoms with Crippen molar-refractivity contribution in [1.82, 2.24) is 0 Å². The first-order chi connectivity index (χ1) is 3.75. The molecular weight excluding hydrogens is 96.1 g/mol. The van der Waals surface area contributed by atoms with Crippen LogP contribution in [0.15, 0.2) is 24.8 Å². The van der Waals surface area contributed by atoms with Gasteiger partial charge in [0.1, 0.15) is 0 Å². The van der Waals surface area contributed by atoms with Crippen LogP contribution in [0.5, 0.6) is 0 Å². The van der Waals surface area contributed by atoms with Gasteiger partial charge < -0.3 is 0 Å². The molecule has 0 nitrogen and oxygen atoms in total. The second-order valence-electron chi connectivity index (χ2n) is 2.56. The first-order valence-corrected chi connectivity index (χ1v) is 3.06. The van der Waals surface area contributed by atoms with E-state index in [0.717, 1.165) is 5.92 Å². The third kappa shape index (κ3) is 0.835. The maximum absolute atomic E-state index is 3.87. The van der Waals surface area contributed by atoms with E-state index >= 15 is 0 Å². The van der Waals surface area contributed by atoms with Gasteiger partial charge in [0.2, 0.25) is 0 Å². The van der Waals surface area contributed by atoms with Crippen molar-refractivity contribution in [2.24, 2.45) is 11.8 Å². The van der Waals surface area contributed by atoms with E-state index in [0.29, 0.717) is 5.92 Å². The van der Waals surface area contributed by atoms with Crippen LogP contribution >= 0.6 is 0 Å². The molecule has 0 heteroatoms. The van der Waals surface area contributed by atoms with Crippen molar-refractivity contribution in [2.75, 3.05) is 0 Å². The molecule has 0 radical (unpaired) electrons. The van der Waals surface area contributed by atoms with E-state index < -0.39 is 0 Å². The fourth-order valence-corrected chi connectivity index (χ4v) is 0.945. The van der Waals surface area contributed by atoms with E-state index in [2.05, 4.69) is 20.1 Å². The molecule has 0 spiro atoms. The summed E-state index contributed by atoms with van der Waals surface area (Å²) in [5.41, 5.74) is 1.40. The van der Waals surface area contributed by atoms with Gasteiger partial charge in [0.25, 0.3) is 0 Å². The van der Waals surface area contributed by atoms with Gasteiger partial charge in [-0.15, -0.1) is 6.58 Å². The highest BCUT2D eigenvalue weighted by atomic mass is 14.3. The standard InChI is InChI=1S/C8H12/c1-4-6(2)8-5-7(8)3/h4,6,8H,1,3,5H2,2H3. The van der Waals surface area contributed by atoms with Gasteiger partial charge in [-0.2, -0.15) is 0 Å². The molecule has 1 fully saturated rings. The lowest BCUT2D eigenvalue weighted by Gasteiger charge is -1.97. The molecule has 0 aromatic heterocycles. The Bertz CT molecular complexity index is 122. The Kier molecular flexibility index (Phi) is 1.24. The molecule has 0 saturated heterocycles. The van der Waals surface area contributed by atoms with Crippen LogP contribution in [0.1, 0.15) is 13.3 Å². The topological polar surface area (TPSA) is 0 Å². The van der Waals surface area contributed by atoms with Gasteiger partial charge in [0, 0.05) is 0 Å². The highest BCUT2D eigenvalue weighted by Gasteiger charge is 2.30. The summed E-state index contributed by atoms with van der Waals surface area (Å²) >= 11 is 0. The molecule has 0 heterocycles. The summed E-state index contributed by atoms with van der Waals surface area (Å²) in [5, 5.41) is 0. The van der Waals surface area contributed by atoms with Gasteiger partial charge in [-0.05, 0) is 18.3 Å². The molecule has 44 valence electrons. The van der Waals surface area contributed by atoms with Crippen LogP contribution < -0.4 is 0 Å². The number of hydrogen-bond donors (Lipinski definition) is 0. The van der Waals surface area contributed by atoms with E-state index in [1.807, 2.05) is 6.08 Å². The maximum Gasteiger partial charge on any atom is -0.0108 e. The number of allylic oxidation sites excluding steroid dienone is 2. The Morgan fingerprint density at radius 2 is 2.38 bits per heavy atom. The van der Waals surface area contributed by atoms with Crippen molar-refractivity contribution in [3.05, 3.63) is 24.8 Å². The normalized spacial score (nSPS) is 29.6. The van der Waals surface area contributed by atoms with Gasteiger partial charge in [0.15, 0.2) is 0 Å². The summed E-state index contributed by atoms with van der Waals surface area (Å²) < 4.78 is 0. The van der Waals surface area contributed by atoms with E-state index in [4.69, 9.17) is 0 Å². The molecule has 8 heavy (non-hydrogen) atoms. The lowest BCUT2D eigenvalue weighted by atomic mass is 10.1. The van der Waals surface area contributed by atoms with Gasteiger partial charge in [-0.1, -0.05) is 25.2 Å². The zero-order valence-corrected chi connectivity index (χ0v) is 5.35. The molecule has 0 aliphatic heterocycles. The molecule has 0 N–H and O–H groups in total. The third-order valence-corrected chi connectivity index (χ3v) is 1.85. The summed E-state index contributed by atoms with van der Waals surface area (Å²) in [4.78, 5) is 0. The van der Waals surface area contributed by atoms with Crippen molar-refractivity contribution in [3.63, 3.8) is 0 Å². The molecule has 1 rings (SSSR count). The second kappa shape index (κ2) is 1.77. The second-order valence-corrected chi connectivity index (χ2v) is 2.56. The van der Waals surface area contributed by atoms with Gasteiger partial charge in [-0.25, -0.2) is 0 Å². The Balaban J connectivity index is 2.38. The predicted molar refractivity (Wildman–Crippen MR) is 36.6 cm³/mol. The van der Waals surface area contributed by atoms with Crippen LogP contribution in [-0.4, -0.2) is 0 Å². The smallest absolute Gasteiger partial charge is 0.0108 e. The summed E-state index contributed by atoms with van der Waals surface area (Å²) in [6, 6.07) is 0. The molecule has 1 aliphatic carbocycles. The van der Waals surface area contributed by atoms with Crippen molar-refractivity contribution in [1.29, 1.82) is 0 Å². The van der Waals surface area contributed by atoms with Crippen LogP contribution in [0.25, 0.3) is 0 Å². The fourth-order valence-electron chi connectivity index (χ4n) is 0.945. The van der Waals surface area contributed by atoms with Crippen LogP contribution in [-0.2, 0) is 0 Å². The highest BCUT2D eigenvalue weighted by molar-refractivity contribution is 5.21. The molecule has 2 atom stereocenters. The zero-order valence-electron chi connectivity index (χ0n) is 5.35. The third-order valence-electron chi connectivity index (χ3n) is 1.85. The minimum atomic E-state index is 0.655. The summed E-state index contributed by atoms with van der Waals surface area (Å²) in [5.74, 6) is 1.43. The van der Waals surface area contributed by atoms with Crippen LogP contribution in [0, 0.1) is 11.8 Å². The largest absolute Gasteiger partial charge is 0.103 e. The first-order valence-electron chi connectivity index (χ1n) is 3.06. The lowest BCUT2D eigenvalue weighted by molar-refractivity contribution is 0.650. The Morgan fingerprint density at radius 3 is 2.50 bits per heavy atom. The molecular formula is C8H12.